The van der Waals surface area contributed by atoms with E-state index in [0.717, 1.165) is 6.07 Å². The summed E-state index contributed by atoms with van der Waals surface area (Å²) in [4.78, 5) is 36.3. The molecule has 2 aromatic carbocycles. The lowest BCUT2D eigenvalue weighted by atomic mass is 9.90. The minimum atomic E-state index is -2.41. The van der Waals surface area contributed by atoms with Crippen molar-refractivity contribution < 1.29 is 48.0 Å². The van der Waals surface area contributed by atoms with E-state index in [9.17, 15) is 38.5 Å². The van der Waals surface area contributed by atoms with Crippen molar-refractivity contribution in [3.05, 3.63) is 70.2 Å². The highest BCUT2D eigenvalue weighted by Gasteiger charge is 2.52. The number of hydrogen-bond acceptors (Lipinski definition) is 7. The molecule has 38 heavy (non-hydrogen) atoms. The van der Waals surface area contributed by atoms with Gasteiger partial charge in [-0.25, -0.2) is 13.6 Å². The van der Waals surface area contributed by atoms with Crippen molar-refractivity contribution in [3.8, 4) is 0 Å². The molecule has 1 aliphatic rings. The first kappa shape index (κ1) is 29.4. The lowest BCUT2D eigenvalue weighted by Gasteiger charge is -2.44. The summed E-state index contributed by atoms with van der Waals surface area (Å²) in [6, 6.07) is 8.28. The van der Waals surface area contributed by atoms with Gasteiger partial charge in [0.25, 0.3) is 11.7 Å². The van der Waals surface area contributed by atoms with Crippen LogP contribution in [0.15, 0.2) is 42.5 Å². The molecule has 1 fully saturated rings. The highest BCUT2D eigenvalue weighted by atomic mass is 35.5. The molecule has 1 aliphatic heterocycles. The molecule has 5 atom stereocenters. The number of carboxylic acids is 1. The Morgan fingerprint density at radius 2 is 1.87 bits per heavy atom. The van der Waals surface area contributed by atoms with Crippen LogP contribution in [0.2, 0.25) is 5.02 Å². The van der Waals surface area contributed by atoms with Crippen LogP contribution in [0, 0.1) is 11.6 Å². The number of ether oxygens (including phenoxy) is 2. The Kier molecular flexibility index (Phi) is 9.74. The summed E-state index contributed by atoms with van der Waals surface area (Å²) >= 11 is 5.80. The van der Waals surface area contributed by atoms with E-state index in [1.165, 1.54) is 43.3 Å². The lowest BCUT2D eigenvalue weighted by Crippen LogP contribution is -2.63. The average molecular weight is 557 g/mol. The first-order valence-corrected chi connectivity index (χ1v) is 12.0. The highest BCUT2D eigenvalue weighted by molar-refractivity contribution is 6.30. The van der Waals surface area contributed by atoms with E-state index < -0.39 is 72.7 Å². The van der Waals surface area contributed by atoms with E-state index in [-0.39, 0.29) is 24.0 Å². The fraction of sp³-hybridized carbons (Fsp3) is 0.400. The monoisotopic (exact) mass is 556 g/mol. The molecule has 0 radical (unpaired) electrons. The molecule has 3 rings (SSSR count). The van der Waals surface area contributed by atoms with Gasteiger partial charge in [-0.05, 0) is 36.8 Å². The summed E-state index contributed by atoms with van der Waals surface area (Å²) in [6.07, 6.45) is -5.35. The first-order chi connectivity index (χ1) is 17.9. The number of nitrogens with one attached hydrogen (secondary N) is 2. The third-order valence-electron chi connectivity index (χ3n) is 6.02. The Labute approximate surface area is 221 Å². The van der Waals surface area contributed by atoms with Crippen LogP contribution in [0.25, 0.3) is 0 Å². The smallest absolute Gasteiger partial charge is 0.364 e. The number of carbonyl (C=O) groups is 3. The maximum absolute atomic E-state index is 14.1. The molecule has 0 saturated carbocycles. The number of rotatable bonds is 10. The van der Waals surface area contributed by atoms with Gasteiger partial charge in [0, 0.05) is 36.0 Å². The summed E-state index contributed by atoms with van der Waals surface area (Å²) in [7, 11) is 0. The molecule has 5 N–H and O–H groups in total. The van der Waals surface area contributed by atoms with Crippen LogP contribution < -0.4 is 10.6 Å². The van der Waals surface area contributed by atoms with Gasteiger partial charge in [-0.3, -0.25) is 9.59 Å². The Morgan fingerprint density at radius 1 is 1.18 bits per heavy atom. The predicted octanol–water partition coefficient (Wildman–Crippen LogP) is 1.75. The number of aliphatic carboxylic acids is 1. The molecule has 2 aromatic rings. The van der Waals surface area contributed by atoms with Crippen LogP contribution in [-0.4, -0.2) is 69.8 Å². The number of benzene rings is 2. The largest absolute Gasteiger partial charge is 0.477 e. The third kappa shape index (κ3) is 7.03. The van der Waals surface area contributed by atoms with Gasteiger partial charge in [-0.2, -0.15) is 0 Å². The summed E-state index contributed by atoms with van der Waals surface area (Å²) in [5.41, 5.74) is -0.0238. The average Bonchev–Trinajstić information content (AvgIpc) is 2.88. The normalized spacial score (nSPS) is 22.8. The molecule has 0 unspecified atom stereocenters. The molecular weight excluding hydrogens is 530 g/mol. The fourth-order valence-electron chi connectivity index (χ4n) is 4.01. The molecule has 206 valence electrons. The maximum atomic E-state index is 14.1. The zero-order valence-electron chi connectivity index (χ0n) is 20.2. The minimum absolute atomic E-state index is 0.0664. The molecule has 0 aromatic heterocycles. The van der Waals surface area contributed by atoms with Crippen molar-refractivity contribution in [1.29, 1.82) is 0 Å². The van der Waals surface area contributed by atoms with Crippen LogP contribution in [-0.2, 0) is 25.7 Å². The number of aliphatic hydroxyl groups is 2. The Balaban J connectivity index is 1.75. The molecule has 2 amide bonds. The number of amides is 2. The van der Waals surface area contributed by atoms with Gasteiger partial charge >= 0.3 is 5.97 Å². The van der Waals surface area contributed by atoms with Gasteiger partial charge in [-0.15, -0.1) is 0 Å². The van der Waals surface area contributed by atoms with Crippen LogP contribution in [0.1, 0.15) is 35.7 Å². The highest BCUT2D eigenvalue weighted by Crippen LogP contribution is 2.34. The van der Waals surface area contributed by atoms with E-state index in [0.29, 0.717) is 5.02 Å². The fourth-order valence-corrected chi connectivity index (χ4v) is 4.14. The van der Waals surface area contributed by atoms with Gasteiger partial charge in [0.2, 0.25) is 5.91 Å². The molecule has 13 heteroatoms. The van der Waals surface area contributed by atoms with Crippen LogP contribution in [0.3, 0.4) is 0 Å². The molecule has 0 aliphatic carbocycles. The van der Waals surface area contributed by atoms with Crippen molar-refractivity contribution in [1.82, 2.24) is 10.6 Å². The van der Waals surface area contributed by atoms with Crippen molar-refractivity contribution in [2.45, 2.75) is 56.5 Å². The standard InChI is InChI=1S/C25H27ClF2N2O8/c1-13(31)30-18-9-10-25(24(35)36,37-12-15-3-2-4-17(27)20(15)28)38-22(18)21(33)19(32)11-29-23(34)14-5-7-16(26)8-6-14/h2-8,18-19,21-22,32-33H,9-12H2,1H3,(H,29,34)(H,30,31)(H,35,36)/t18-,19-,21-,22-,25-/m1/s1. The number of hydrogen-bond donors (Lipinski definition) is 5. The second kappa shape index (κ2) is 12.6. The lowest BCUT2D eigenvalue weighted by molar-refractivity contribution is -0.300. The van der Waals surface area contributed by atoms with Gasteiger partial charge in [0.15, 0.2) is 11.6 Å². The van der Waals surface area contributed by atoms with E-state index in [2.05, 4.69) is 10.6 Å². The van der Waals surface area contributed by atoms with Crippen LogP contribution in [0.4, 0.5) is 8.78 Å². The van der Waals surface area contributed by atoms with Crippen molar-refractivity contribution in [3.63, 3.8) is 0 Å². The maximum Gasteiger partial charge on any atom is 0.364 e. The van der Waals surface area contributed by atoms with Crippen molar-refractivity contribution in [2.24, 2.45) is 0 Å². The minimum Gasteiger partial charge on any atom is -0.477 e. The van der Waals surface area contributed by atoms with E-state index >= 15 is 0 Å². The van der Waals surface area contributed by atoms with Crippen molar-refractivity contribution in [2.75, 3.05) is 6.54 Å². The first-order valence-electron chi connectivity index (χ1n) is 11.6. The summed E-state index contributed by atoms with van der Waals surface area (Å²) < 4.78 is 38.7. The molecule has 1 heterocycles. The second-order valence-corrected chi connectivity index (χ2v) is 9.20. The molecule has 10 nitrogen and oxygen atoms in total. The summed E-state index contributed by atoms with van der Waals surface area (Å²) in [6.45, 7) is 0.0718. The summed E-state index contributed by atoms with van der Waals surface area (Å²) in [5.74, 6) is -7.47. The molecule has 0 spiro atoms. The van der Waals surface area contributed by atoms with Gasteiger partial charge in [0.05, 0.1) is 18.8 Å². The van der Waals surface area contributed by atoms with E-state index in [4.69, 9.17) is 21.1 Å². The van der Waals surface area contributed by atoms with E-state index in [1.54, 1.807) is 0 Å². The number of carboxylic acid groups (broad SMARTS) is 1. The molecular formula is C25H27ClF2N2O8. The SMILES string of the molecule is CC(=O)N[C@@H]1CC[C@](OCc2cccc(F)c2F)(C(=O)O)O[C@H]1[C@H](O)[C@H](O)CNC(=O)c1ccc(Cl)cc1. The van der Waals surface area contributed by atoms with Crippen LogP contribution in [0.5, 0.6) is 0 Å². The zero-order chi connectivity index (χ0) is 28.0. The van der Waals surface area contributed by atoms with Gasteiger partial charge in [-0.1, -0.05) is 23.7 Å². The third-order valence-corrected chi connectivity index (χ3v) is 6.28. The second-order valence-electron chi connectivity index (χ2n) is 8.76. The van der Waals surface area contributed by atoms with Crippen LogP contribution >= 0.6 is 11.6 Å². The van der Waals surface area contributed by atoms with Gasteiger partial charge in [0.1, 0.15) is 12.2 Å². The van der Waals surface area contributed by atoms with E-state index in [1.807, 2.05) is 0 Å². The Hall–Kier alpha value is -3.16. The Bertz CT molecular complexity index is 1170. The zero-order valence-corrected chi connectivity index (χ0v) is 21.0. The van der Waals surface area contributed by atoms with Crippen molar-refractivity contribution >= 4 is 29.4 Å². The predicted molar refractivity (Wildman–Crippen MR) is 129 cm³/mol. The molecule has 1 saturated heterocycles. The topological polar surface area (TPSA) is 154 Å². The number of halogens is 3. The molecule has 0 bridgehead atoms. The quantitative estimate of drug-likeness (QED) is 0.296. The Morgan fingerprint density at radius 3 is 2.50 bits per heavy atom. The van der Waals surface area contributed by atoms with Gasteiger partial charge < -0.3 is 35.4 Å². The number of aliphatic hydroxyl groups excluding tert-OH is 2. The summed E-state index contributed by atoms with van der Waals surface area (Å²) in [5, 5.41) is 36.8. The number of carbonyl (C=O) groups excluding carboxylic acids is 2.